The summed E-state index contributed by atoms with van der Waals surface area (Å²) in [7, 11) is 0. The van der Waals surface area contributed by atoms with Crippen molar-refractivity contribution in [2.24, 2.45) is 0 Å². The van der Waals surface area contributed by atoms with Crippen molar-refractivity contribution < 1.29 is 15.3 Å². The van der Waals surface area contributed by atoms with E-state index in [-0.39, 0.29) is 0 Å². The van der Waals surface area contributed by atoms with Gasteiger partial charge in [-0.05, 0) is 6.42 Å². The Morgan fingerprint density at radius 1 is 1.56 bits per heavy atom. The van der Waals surface area contributed by atoms with Crippen molar-refractivity contribution in [1.82, 2.24) is 0 Å². The van der Waals surface area contributed by atoms with Gasteiger partial charge in [-0.1, -0.05) is 13.3 Å². The third kappa shape index (κ3) is 2.79. The van der Waals surface area contributed by atoms with Crippen LogP contribution in [-0.4, -0.2) is 27.5 Å². The van der Waals surface area contributed by atoms with Crippen molar-refractivity contribution in [2.75, 3.05) is 6.61 Å². The summed E-state index contributed by atoms with van der Waals surface area (Å²) in [4.78, 5) is 0. The molecule has 0 heterocycles. The summed E-state index contributed by atoms with van der Waals surface area (Å²) in [6, 6.07) is 0. The molecule has 1 radical (unpaired) electrons. The van der Waals surface area contributed by atoms with Gasteiger partial charge in [-0.2, -0.15) is 0 Å². The quantitative estimate of drug-likeness (QED) is 0.507. The highest BCUT2D eigenvalue weighted by molar-refractivity contribution is 4.83. The molecule has 0 fully saturated rings. The molecule has 3 N–H and O–H groups in total. The molecule has 0 aliphatic carbocycles. The lowest BCUT2D eigenvalue weighted by molar-refractivity contribution is -0.0270. The van der Waals surface area contributed by atoms with Crippen LogP contribution in [0.4, 0.5) is 0 Å². The van der Waals surface area contributed by atoms with E-state index in [0.717, 1.165) is 6.42 Å². The van der Waals surface area contributed by atoms with E-state index in [1.54, 1.807) is 0 Å². The standard InChI is InChI=1S/C6H13O3/c1-2-3-6(9,4-7)5-8/h4,7-9H,2-3,5H2,1H3. The fourth-order valence-corrected chi connectivity index (χ4v) is 0.617. The van der Waals surface area contributed by atoms with Crippen molar-refractivity contribution >= 4 is 0 Å². The molecule has 0 rings (SSSR count). The first-order valence-corrected chi connectivity index (χ1v) is 3.00. The highest BCUT2D eigenvalue weighted by Gasteiger charge is 2.23. The summed E-state index contributed by atoms with van der Waals surface area (Å²) < 4.78 is 0. The van der Waals surface area contributed by atoms with E-state index in [2.05, 4.69) is 0 Å². The summed E-state index contributed by atoms with van der Waals surface area (Å²) >= 11 is 0. The van der Waals surface area contributed by atoms with Gasteiger partial charge in [0.05, 0.1) is 6.61 Å². The number of hydrogen-bond acceptors (Lipinski definition) is 3. The summed E-state index contributed by atoms with van der Waals surface area (Å²) in [6.45, 7) is 2.08. The minimum atomic E-state index is -1.38. The topological polar surface area (TPSA) is 60.7 Å². The molecule has 1 atom stereocenters. The molecule has 3 nitrogen and oxygen atoms in total. The first kappa shape index (κ1) is 8.88. The van der Waals surface area contributed by atoms with Crippen LogP contribution in [0.25, 0.3) is 0 Å². The molecule has 0 amide bonds. The van der Waals surface area contributed by atoms with Crippen molar-refractivity contribution in [1.29, 1.82) is 0 Å². The fourth-order valence-electron chi connectivity index (χ4n) is 0.617. The average molecular weight is 133 g/mol. The molecule has 0 aromatic carbocycles. The molecular formula is C6H13O3. The zero-order valence-electron chi connectivity index (χ0n) is 5.54. The van der Waals surface area contributed by atoms with Gasteiger partial charge in [0.1, 0.15) is 12.2 Å². The summed E-state index contributed by atoms with van der Waals surface area (Å²) in [6.07, 6.45) is 1.12. The zero-order valence-corrected chi connectivity index (χ0v) is 5.54. The molecule has 1 unspecified atom stereocenters. The number of aliphatic hydroxyl groups excluding tert-OH is 2. The van der Waals surface area contributed by atoms with Crippen LogP contribution in [0, 0.1) is 6.61 Å². The van der Waals surface area contributed by atoms with Gasteiger partial charge in [-0.3, -0.25) is 0 Å². The van der Waals surface area contributed by atoms with Crippen LogP contribution in [0.15, 0.2) is 0 Å². The summed E-state index contributed by atoms with van der Waals surface area (Å²) in [5.74, 6) is 0. The smallest absolute Gasteiger partial charge is 0.116 e. The largest absolute Gasteiger partial charge is 0.393 e. The zero-order chi connectivity index (χ0) is 7.33. The minimum Gasteiger partial charge on any atom is -0.393 e. The second-order valence-corrected chi connectivity index (χ2v) is 2.14. The van der Waals surface area contributed by atoms with Gasteiger partial charge < -0.3 is 15.3 Å². The first-order valence-electron chi connectivity index (χ1n) is 3.00. The van der Waals surface area contributed by atoms with Gasteiger partial charge in [-0.25, -0.2) is 0 Å². The van der Waals surface area contributed by atoms with Gasteiger partial charge in [0.15, 0.2) is 0 Å². The second-order valence-electron chi connectivity index (χ2n) is 2.14. The van der Waals surface area contributed by atoms with Crippen molar-refractivity contribution in [3.05, 3.63) is 6.61 Å². The van der Waals surface area contributed by atoms with Gasteiger partial charge in [0.2, 0.25) is 0 Å². The molecule has 0 aliphatic heterocycles. The van der Waals surface area contributed by atoms with Crippen LogP contribution in [0.1, 0.15) is 19.8 Å². The Hall–Kier alpha value is -0.120. The van der Waals surface area contributed by atoms with Crippen molar-refractivity contribution in [2.45, 2.75) is 25.4 Å². The summed E-state index contributed by atoms with van der Waals surface area (Å²) in [5.41, 5.74) is -1.38. The van der Waals surface area contributed by atoms with Crippen LogP contribution in [0.2, 0.25) is 0 Å². The van der Waals surface area contributed by atoms with E-state index in [9.17, 15) is 0 Å². The van der Waals surface area contributed by atoms with E-state index < -0.39 is 12.2 Å². The highest BCUT2D eigenvalue weighted by atomic mass is 16.4. The maximum absolute atomic E-state index is 9.07. The van der Waals surface area contributed by atoms with Crippen LogP contribution in [0.3, 0.4) is 0 Å². The van der Waals surface area contributed by atoms with Crippen molar-refractivity contribution in [3.8, 4) is 0 Å². The monoisotopic (exact) mass is 133 g/mol. The van der Waals surface area contributed by atoms with Crippen LogP contribution in [-0.2, 0) is 0 Å². The molecule has 3 heteroatoms. The maximum Gasteiger partial charge on any atom is 0.116 e. The summed E-state index contributed by atoms with van der Waals surface area (Å²) in [5, 5.41) is 25.9. The Bertz CT molecular complexity index is 68.7. The third-order valence-electron chi connectivity index (χ3n) is 1.20. The average Bonchev–Trinajstić information content (AvgIpc) is 1.89. The predicted octanol–water partition coefficient (Wildman–Crippen LogP) is 0.0442. The Kier molecular flexibility index (Phi) is 3.77. The Labute approximate surface area is 54.9 Å². The van der Waals surface area contributed by atoms with Crippen LogP contribution < -0.4 is 0 Å². The lowest BCUT2D eigenvalue weighted by Crippen LogP contribution is -2.33. The van der Waals surface area contributed by atoms with E-state index in [1.165, 1.54) is 0 Å². The van der Waals surface area contributed by atoms with Crippen LogP contribution >= 0.6 is 0 Å². The fraction of sp³-hybridized carbons (Fsp3) is 0.833. The van der Waals surface area contributed by atoms with E-state index >= 15 is 0 Å². The molecule has 0 saturated carbocycles. The molecule has 9 heavy (non-hydrogen) atoms. The number of hydrogen-bond donors (Lipinski definition) is 3. The molecule has 0 bridgehead atoms. The van der Waals surface area contributed by atoms with Gasteiger partial charge >= 0.3 is 0 Å². The van der Waals surface area contributed by atoms with E-state index in [4.69, 9.17) is 15.3 Å². The highest BCUT2D eigenvalue weighted by Crippen LogP contribution is 2.12. The van der Waals surface area contributed by atoms with Crippen molar-refractivity contribution in [3.63, 3.8) is 0 Å². The molecule has 0 saturated heterocycles. The maximum atomic E-state index is 9.07. The first-order chi connectivity index (χ1) is 4.18. The molecule has 0 aromatic heterocycles. The number of aliphatic hydroxyl groups is 3. The predicted molar refractivity (Wildman–Crippen MR) is 33.2 cm³/mol. The van der Waals surface area contributed by atoms with E-state index in [0.29, 0.717) is 13.0 Å². The minimum absolute atomic E-state index is 0.389. The second kappa shape index (κ2) is 3.82. The van der Waals surface area contributed by atoms with Crippen LogP contribution in [0.5, 0.6) is 0 Å². The molecule has 0 spiro atoms. The SMILES string of the molecule is CCCC(O)([CH]O)CO. The van der Waals surface area contributed by atoms with Gasteiger partial charge in [0.25, 0.3) is 0 Å². The van der Waals surface area contributed by atoms with E-state index in [1.807, 2.05) is 6.92 Å². The Morgan fingerprint density at radius 2 is 2.11 bits per heavy atom. The lowest BCUT2D eigenvalue weighted by atomic mass is 10.0. The normalized spacial score (nSPS) is 12.0. The van der Waals surface area contributed by atoms with Gasteiger partial charge in [-0.15, -0.1) is 0 Å². The van der Waals surface area contributed by atoms with Gasteiger partial charge in [0, 0.05) is 0 Å². The molecule has 55 valence electrons. The Morgan fingerprint density at radius 3 is 2.22 bits per heavy atom. The number of rotatable bonds is 4. The lowest BCUT2D eigenvalue weighted by Gasteiger charge is -2.20. The third-order valence-corrected chi connectivity index (χ3v) is 1.20. The molecule has 0 aliphatic rings. The molecular weight excluding hydrogens is 120 g/mol. The Balaban J connectivity index is 3.62. The molecule has 0 aromatic rings.